The number of rotatable bonds is 5. The molecule has 1 aromatic heterocycles. The van der Waals surface area contributed by atoms with Crippen LogP contribution in [0.25, 0.3) is 0 Å². The van der Waals surface area contributed by atoms with Crippen molar-refractivity contribution in [2.75, 3.05) is 26.2 Å². The van der Waals surface area contributed by atoms with E-state index in [2.05, 4.69) is 46.0 Å². The molecule has 0 radical (unpaired) electrons. The van der Waals surface area contributed by atoms with E-state index in [0.717, 1.165) is 43.5 Å². The number of hydrogen-bond acceptors (Lipinski definition) is 5. The normalized spacial score (nSPS) is 19.3. The van der Waals surface area contributed by atoms with Crippen LogP contribution in [0.2, 0.25) is 5.02 Å². The lowest BCUT2D eigenvalue weighted by Crippen LogP contribution is -2.47. The molecule has 0 N–H and O–H groups in total. The Bertz CT molecular complexity index is 667. The number of aromatic nitrogens is 2. The van der Waals surface area contributed by atoms with Crippen molar-refractivity contribution < 1.29 is 4.42 Å². The van der Waals surface area contributed by atoms with E-state index in [1.807, 2.05) is 19.1 Å². The van der Waals surface area contributed by atoms with Crippen molar-refractivity contribution in [3.8, 4) is 0 Å². The highest BCUT2D eigenvalue weighted by Crippen LogP contribution is 2.29. The quantitative estimate of drug-likeness (QED) is 0.824. The van der Waals surface area contributed by atoms with E-state index >= 15 is 0 Å². The molecular formula is C18H25ClN4O. The lowest BCUT2D eigenvalue weighted by molar-refractivity contribution is 0.0696. The summed E-state index contributed by atoms with van der Waals surface area (Å²) in [5.41, 5.74) is 1.20. The second-order valence-electron chi connectivity index (χ2n) is 6.33. The smallest absolute Gasteiger partial charge is 0.233 e. The first-order chi connectivity index (χ1) is 11.6. The van der Waals surface area contributed by atoms with Gasteiger partial charge in [0.25, 0.3) is 0 Å². The van der Waals surface area contributed by atoms with Crippen molar-refractivity contribution in [2.45, 2.75) is 39.3 Å². The van der Waals surface area contributed by atoms with E-state index in [-0.39, 0.29) is 6.04 Å². The fourth-order valence-corrected chi connectivity index (χ4v) is 3.55. The third-order valence-corrected chi connectivity index (χ3v) is 5.29. The molecule has 0 bridgehead atoms. The molecule has 0 saturated carbocycles. The minimum atomic E-state index is 0.163. The van der Waals surface area contributed by atoms with Crippen LogP contribution in [0.5, 0.6) is 0 Å². The average molecular weight is 349 g/mol. The predicted molar refractivity (Wildman–Crippen MR) is 95.1 cm³/mol. The molecule has 1 saturated heterocycles. The Morgan fingerprint density at radius 1 is 1.04 bits per heavy atom. The maximum absolute atomic E-state index is 6.35. The van der Waals surface area contributed by atoms with Crippen LogP contribution in [-0.4, -0.2) is 46.2 Å². The number of piperazine rings is 1. The zero-order valence-corrected chi connectivity index (χ0v) is 15.3. The molecule has 0 aliphatic carbocycles. The van der Waals surface area contributed by atoms with Gasteiger partial charge in [-0.05, 0) is 25.5 Å². The topological polar surface area (TPSA) is 45.4 Å². The van der Waals surface area contributed by atoms with Crippen LogP contribution in [0.3, 0.4) is 0 Å². The van der Waals surface area contributed by atoms with E-state index < -0.39 is 0 Å². The SMILES string of the molecule is CCc1nnc([C@@H](C)N2CCN([C@@H](C)c3ccccc3Cl)CC2)o1. The molecule has 5 nitrogen and oxygen atoms in total. The number of halogens is 1. The van der Waals surface area contributed by atoms with Crippen LogP contribution >= 0.6 is 11.6 Å². The zero-order chi connectivity index (χ0) is 17.1. The van der Waals surface area contributed by atoms with Gasteiger partial charge in [0.1, 0.15) is 0 Å². The maximum Gasteiger partial charge on any atom is 0.233 e. The highest BCUT2D eigenvalue weighted by atomic mass is 35.5. The van der Waals surface area contributed by atoms with Crippen molar-refractivity contribution in [3.05, 3.63) is 46.6 Å². The molecule has 0 unspecified atom stereocenters. The Morgan fingerprint density at radius 2 is 1.67 bits per heavy atom. The first-order valence-corrected chi connectivity index (χ1v) is 9.02. The zero-order valence-electron chi connectivity index (χ0n) is 14.6. The second kappa shape index (κ2) is 7.64. The van der Waals surface area contributed by atoms with Crippen molar-refractivity contribution in [1.29, 1.82) is 0 Å². The molecule has 2 aromatic rings. The van der Waals surface area contributed by atoms with Gasteiger partial charge in [0.05, 0.1) is 6.04 Å². The molecule has 2 atom stereocenters. The first-order valence-electron chi connectivity index (χ1n) is 8.65. The Balaban J connectivity index is 1.60. The Labute approximate surface area is 148 Å². The molecule has 2 heterocycles. The summed E-state index contributed by atoms with van der Waals surface area (Å²) in [5.74, 6) is 1.43. The third-order valence-electron chi connectivity index (χ3n) is 4.94. The van der Waals surface area contributed by atoms with Gasteiger partial charge >= 0.3 is 0 Å². The van der Waals surface area contributed by atoms with E-state index in [1.54, 1.807) is 0 Å². The summed E-state index contributed by atoms with van der Waals surface area (Å²) in [6, 6.07) is 8.60. The lowest BCUT2D eigenvalue weighted by Gasteiger charge is -2.40. The predicted octanol–water partition coefficient (Wildman–Crippen LogP) is 3.73. The van der Waals surface area contributed by atoms with Gasteiger partial charge in [0.2, 0.25) is 11.8 Å². The second-order valence-corrected chi connectivity index (χ2v) is 6.74. The van der Waals surface area contributed by atoms with E-state index in [4.69, 9.17) is 16.0 Å². The van der Waals surface area contributed by atoms with Crippen LogP contribution in [0, 0.1) is 0 Å². The van der Waals surface area contributed by atoms with E-state index in [1.165, 1.54) is 5.56 Å². The van der Waals surface area contributed by atoms with Crippen molar-refractivity contribution in [3.63, 3.8) is 0 Å². The van der Waals surface area contributed by atoms with Crippen LogP contribution in [0.4, 0.5) is 0 Å². The summed E-state index contributed by atoms with van der Waals surface area (Å²) in [6.07, 6.45) is 0.781. The first kappa shape index (κ1) is 17.4. The van der Waals surface area contributed by atoms with Crippen LogP contribution < -0.4 is 0 Å². The molecule has 6 heteroatoms. The largest absolute Gasteiger partial charge is 0.424 e. The van der Waals surface area contributed by atoms with Gasteiger partial charge in [0, 0.05) is 43.7 Å². The van der Waals surface area contributed by atoms with Crippen molar-refractivity contribution in [1.82, 2.24) is 20.0 Å². The molecule has 24 heavy (non-hydrogen) atoms. The van der Waals surface area contributed by atoms with Gasteiger partial charge < -0.3 is 4.42 Å². The molecule has 1 aliphatic rings. The fourth-order valence-electron chi connectivity index (χ4n) is 3.26. The number of hydrogen-bond donors (Lipinski definition) is 0. The summed E-state index contributed by atoms with van der Waals surface area (Å²) in [6.45, 7) is 10.4. The molecule has 130 valence electrons. The maximum atomic E-state index is 6.35. The Morgan fingerprint density at radius 3 is 2.25 bits per heavy atom. The third kappa shape index (κ3) is 3.63. The standard InChI is InChI=1S/C18H25ClN4O/c1-4-17-20-21-18(24-17)14(3)23-11-9-22(10-12-23)13(2)15-7-5-6-8-16(15)19/h5-8,13-14H,4,9-12H2,1-3H3/t13-,14+/m0/s1. The van der Waals surface area contributed by atoms with E-state index in [0.29, 0.717) is 11.9 Å². The highest BCUT2D eigenvalue weighted by molar-refractivity contribution is 6.31. The monoisotopic (exact) mass is 348 g/mol. The summed E-state index contributed by atoms with van der Waals surface area (Å²) >= 11 is 6.35. The molecule has 3 rings (SSSR count). The van der Waals surface area contributed by atoms with Gasteiger partial charge in [-0.15, -0.1) is 10.2 Å². The number of nitrogens with zero attached hydrogens (tertiary/aromatic N) is 4. The van der Waals surface area contributed by atoms with Crippen LogP contribution in [0.15, 0.2) is 28.7 Å². The molecule has 1 aliphatic heterocycles. The summed E-state index contributed by atoms with van der Waals surface area (Å²) in [4.78, 5) is 4.89. The van der Waals surface area contributed by atoms with Crippen LogP contribution in [0.1, 0.15) is 50.2 Å². The molecular weight excluding hydrogens is 324 g/mol. The fraction of sp³-hybridized carbons (Fsp3) is 0.556. The van der Waals surface area contributed by atoms with Gasteiger partial charge in [-0.25, -0.2) is 0 Å². The van der Waals surface area contributed by atoms with Gasteiger partial charge in [-0.3, -0.25) is 9.80 Å². The van der Waals surface area contributed by atoms with Gasteiger partial charge in [0.15, 0.2) is 0 Å². The molecule has 0 spiro atoms. The molecule has 1 fully saturated rings. The number of aryl methyl sites for hydroxylation is 1. The van der Waals surface area contributed by atoms with Gasteiger partial charge in [-0.1, -0.05) is 36.7 Å². The van der Waals surface area contributed by atoms with E-state index in [9.17, 15) is 0 Å². The summed E-state index contributed by atoms with van der Waals surface area (Å²) < 4.78 is 5.71. The number of benzene rings is 1. The average Bonchev–Trinajstić information content (AvgIpc) is 3.10. The Hall–Kier alpha value is -1.43. The van der Waals surface area contributed by atoms with Gasteiger partial charge in [-0.2, -0.15) is 0 Å². The molecule has 0 amide bonds. The minimum Gasteiger partial charge on any atom is -0.424 e. The Kier molecular flexibility index (Phi) is 5.54. The lowest BCUT2D eigenvalue weighted by atomic mass is 10.1. The minimum absolute atomic E-state index is 0.163. The van der Waals surface area contributed by atoms with Crippen molar-refractivity contribution in [2.24, 2.45) is 0 Å². The molecule has 1 aromatic carbocycles. The summed E-state index contributed by atoms with van der Waals surface area (Å²) in [5, 5.41) is 9.11. The highest BCUT2D eigenvalue weighted by Gasteiger charge is 2.28. The summed E-state index contributed by atoms with van der Waals surface area (Å²) in [7, 11) is 0. The van der Waals surface area contributed by atoms with Crippen molar-refractivity contribution >= 4 is 11.6 Å². The van der Waals surface area contributed by atoms with Crippen LogP contribution in [-0.2, 0) is 6.42 Å².